The lowest BCUT2D eigenvalue weighted by molar-refractivity contribution is 0.475. The van der Waals surface area contributed by atoms with Crippen LogP contribution in [-0.4, -0.2) is 16.3 Å². The molecule has 0 saturated carbocycles. The zero-order chi connectivity index (χ0) is 13.9. The Labute approximate surface area is 121 Å². The van der Waals surface area contributed by atoms with Crippen molar-refractivity contribution in [2.24, 2.45) is 4.99 Å². The van der Waals surface area contributed by atoms with Crippen LogP contribution in [0.2, 0.25) is 5.02 Å². The number of halogens is 1. The van der Waals surface area contributed by atoms with E-state index in [0.29, 0.717) is 10.6 Å². The summed E-state index contributed by atoms with van der Waals surface area (Å²) in [5.41, 5.74) is 2.15. The van der Waals surface area contributed by atoms with E-state index in [1.165, 1.54) is 0 Å². The fraction of sp³-hybridized carbons (Fsp3) is 0. The minimum atomic E-state index is 0.0334. The van der Waals surface area contributed by atoms with Crippen molar-refractivity contribution >= 4 is 34.4 Å². The van der Waals surface area contributed by atoms with Gasteiger partial charge in [-0.1, -0.05) is 35.9 Å². The van der Waals surface area contributed by atoms with Crippen molar-refractivity contribution in [3.63, 3.8) is 0 Å². The second-order valence-electron chi connectivity index (χ2n) is 4.29. The summed E-state index contributed by atoms with van der Waals surface area (Å²) in [7, 11) is 0. The lowest BCUT2D eigenvalue weighted by atomic mass is 10.2. The van der Waals surface area contributed by atoms with Crippen molar-refractivity contribution in [3.05, 3.63) is 65.3 Å². The Kier molecular flexibility index (Phi) is 3.35. The number of fused-ring (bicyclic) bond motifs is 1. The molecular weight excluding hydrogens is 272 g/mol. The minimum Gasteiger partial charge on any atom is -0.506 e. The van der Waals surface area contributed by atoms with Gasteiger partial charge in [0.25, 0.3) is 0 Å². The minimum absolute atomic E-state index is 0.0334. The molecule has 4 heteroatoms. The summed E-state index contributed by atoms with van der Waals surface area (Å²) in [4.78, 5) is 8.73. The lowest BCUT2D eigenvalue weighted by Crippen LogP contribution is -1.83. The van der Waals surface area contributed by atoms with Crippen LogP contribution in [-0.2, 0) is 0 Å². The monoisotopic (exact) mass is 282 g/mol. The fourth-order valence-electron chi connectivity index (χ4n) is 1.97. The summed E-state index contributed by atoms with van der Waals surface area (Å²) < 4.78 is 0. The molecule has 0 unspecified atom stereocenters. The second-order valence-corrected chi connectivity index (χ2v) is 4.70. The van der Waals surface area contributed by atoms with E-state index in [9.17, 15) is 5.11 Å². The first-order chi connectivity index (χ1) is 9.75. The third-order valence-corrected chi connectivity index (χ3v) is 3.28. The van der Waals surface area contributed by atoms with Gasteiger partial charge in [0, 0.05) is 23.4 Å². The van der Waals surface area contributed by atoms with Gasteiger partial charge in [-0.15, -0.1) is 0 Å². The summed E-state index contributed by atoms with van der Waals surface area (Å²) in [5, 5.41) is 11.2. The van der Waals surface area contributed by atoms with Crippen LogP contribution in [0.1, 0.15) is 5.56 Å². The van der Waals surface area contributed by atoms with Gasteiger partial charge in [-0.2, -0.15) is 0 Å². The standard InChI is InChI=1S/C16H11ClN2O/c17-13-7-1-5-12(16(13)20)10-19-14-8-2-4-11-6-3-9-18-15(11)14/h1-10,20H. The van der Waals surface area contributed by atoms with Crippen LogP contribution in [0.4, 0.5) is 5.69 Å². The molecule has 0 spiro atoms. The van der Waals surface area contributed by atoms with Crippen molar-refractivity contribution in [1.82, 2.24) is 4.98 Å². The molecule has 1 N–H and O–H groups in total. The zero-order valence-corrected chi connectivity index (χ0v) is 11.2. The Bertz CT molecular complexity index is 794. The van der Waals surface area contributed by atoms with E-state index in [1.807, 2.05) is 30.3 Å². The molecule has 98 valence electrons. The smallest absolute Gasteiger partial charge is 0.142 e. The molecule has 0 aliphatic rings. The SMILES string of the molecule is Oc1c(Cl)cccc1C=Nc1cccc2cccnc12. The Morgan fingerprint density at radius 1 is 1.05 bits per heavy atom. The molecule has 0 bridgehead atoms. The number of para-hydroxylation sites is 2. The molecule has 1 heterocycles. The number of aromatic hydroxyl groups is 1. The predicted molar refractivity (Wildman–Crippen MR) is 82.1 cm³/mol. The van der Waals surface area contributed by atoms with Gasteiger partial charge >= 0.3 is 0 Å². The summed E-state index contributed by atoms with van der Waals surface area (Å²) in [6.07, 6.45) is 3.32. The summed E-state index contributed by atoms with van der Waals surface area (Å²) in [6, 6.07) is 14.8. The number of aliphatic imine (C=N–C) groups is 1. The van der Waals surface area contributed by atoms with Gasteiger partial charge in [0.15, 0.2) is 0 Å². The third kappa shape index (κ3) is 2.36. The van der Waals surface area contributed by atoms with Crippen LogP contribution in [0.5, 0.6) is 5.75 Å². The maximum Gasteiger partial charge on any atom is 0.142 e. The number of benzene rings is 2. The molecule has 0 aliphatic heterocycles. The van der Waals surface area contributed by atoms with E-state index in [0.717, 1.165) is 16.6 Å². The quantitative estimate of drug-likeness (QED) is 0.711. The molecule has 3 aromatic rings. The van der Waals surface area contributed by atoms with Crippen LogP contribution < -0.4 is 0 Å². The number of phenols is 1. The molecule has 20 heavy (non-hydrogen) atoms. The highest BCUT2D eigenvalue weighted by atomic mass is 35.5. The number of hydrogen-bond donors (Lipinski definition) is 1. The second kappa shape index (κ2) is 5.31. The van der Waals surface area contributed by atoms with Crippen LogP contribution >= 0.6 is 11.6 Å². The largest absolute Gasteiger partial charge is 0.506 e. The molecule has 0 aliphatic carbocycles. The maximum atomic E-state index is 9.85. The van der Waals surface area contributed by atoms with Crippen molar-refractivity contribution in [2.45, 2.75) is 0 Å². The van der Waals surface area contributed by atoms with Crippen LogP contribution in [0.25, 0.3) is 10.9 Å². The number of pyridine rings is 1. The van der Waals surface area contributed by atoms with E-state index in [4.69, 9.17) is 11.6 Å². The first kappa shape index (κ1) is 12.6. The van der Waals surface area contributed by atoms with Gasteiger partial charge in [0.2, 0.25) is 0 Å². The normalized spacial score (nSPS) is 11.2. The number of rotatable bonds is 2. The maximum absolute atomic E-state index is 9.85. The predicted octanol–water partition coefficient (Wildman–Crippen LogP) is 4.34. The number of aromatic nitrogens is 1. The molecule has 0 radical (unpaired) electrons. The zero-order valence-electron chi connectivity index (χ0n) is 10.5. The number of nitrogens with zero attached hydrogens (tertiary/aromatic N) is 2. The average Bonchev–Trinajstić information content (AvgIpc) is 2.49. The first-order valence-corrected chi connectivity index (χ1v) is 6.49. The molecule has 0 amide bonds. The molecule has 0 atom stereocenters. The Balaban J connectivity index is 2.05. The van der Waals surface area contributed by atoms with E-state index in [2.05, 4.69) is 9.98 Å². The topological polar surface area (TPSA) is 45.5 Å². The van der Waals surface area contributed by atoms with Gasteiger partial charge in [-0.25, -0.2) is 0 Å². The van der Waals surface area contributed by atoms with Crippen LogP contribution in [0.15, 0.2) is 59.7 Å². The fourth-order valence-corrected chi connectivity index (χ4v) is 2.15. The van der Waals surface area contributed by atoms with Crippen molar-refractivity contribution < 1.29 is 5.11 Å². The number of hydrogen-bond acceptors (Lipinski definition) is 3. The van der Waals surface area contributed by atoms with Crippen molar-refractivity contribution in [3.8, 4) is 5.75 Å². The molecule has 3 nitrogen and oxygen atoms in total. The molecule has 0 fully saturated rings. The van der Waals surface area contributed by atoms with E-state index in [1.54, 1.807) is 30.6 Å². The molecular formula is C16H11ClN2O. The lowest BCUT2D eigenvalue weighted by Gasteiger charge is -2.02. The molecule has 0 saturated heterocycles. The van der Waals surface area contributed by atoms with E-state index < -0.39 is 0 Å². The summed E-state index contributed by atoms with van der Waals surface area (Å²) >= 11 is 5.87. The molecule has 2 aromatic carbocycles. The third-order valence-electron chi connectivity index (χ3n) is 2.97. The highest BCUT2D eigenvalue weighted by Gasteiger charge is 2.03. The van der Waals surface area contributed by atoms with Crippen molar-refractivity contribution in [1.29, 1.82) is 0 Å². The Morgan fingerprint density at radius 2 is 1.85 bits per heavy atom. The van der Waals surface area contributed by atoms with Crippen LogP contribution in [0, 0.1) is 0 Å². The number of phenolic OH excluding ortho intramolecular Hbond substituents is 1. The average molecular weight is 283 g/mol. The van der Waals surface area contributed by atoms with Crippen LogP contribution in [0.3, 0.4) is 0 Å². The van der Waals surface area contributed by atoms with Gasteiger partial charge in [0.1, 0.15) is 5.75 Å². The summed E-state index contributed by atoms with van der Waals surface area (Å²) in [5.74, 6) is 0.0334. The molecule has 1 aromatic heterocycles. The highest BCUT2D eigenvalue weighted by molar-refractivity contribution is 6.32. The van der Waals surface area contributed by atoms with E-state index in [-0.39, 0.29) is 5.75 Å². The van der Waals surface area contributed by atoms with Gasteiger partial charge in [-0.05, 0) is 24.3 Å². The summed E-state index contributed by atoms with van der Waals surface area (Å²) in [6.45, 7) is 0. The highest BCUT2D eigenvalue weighted by Crippen LogP contribution is 2.27. The van der Waals surface area contributed by atoms with Gasteiger partial charge < -0.3 is 5.11 Å². The van der Waals surface area contributed by atoms with Crippen molar-refractivity contribution in [2.75, 3.05) is 0 Å². The molecule has 3 rings (SSSR count). The first-order valence-electron chi connectivity index (χ1n) is 6.11. The Morgan fingerprint density at radius 3 is 2.75 bits per heavy atom. The van der Waals surface area contributed by atoms with E-state index >= 15 is 0 Å². The Hall–Kier alpha value is -2.39. The van der Waals surface area contributed by atoms with Gasteiger partial charge in [-0.3, -0.25) is 9.98 Å². The van der Waals surface area contributed by atoms with Gasteiger partial charge in [0.05, 0.1) is 16.2 Å².